The Morgan fingerprint density at radius 3 is 2.72 bits per heavy atom. The number of nitrogens with zero attached hydrogens (tertiary/aromatic N) is 2. The maximum atomic E-state index is 12.9. The third kappa shape index (κ3) is 4.42. The van der Waals surface area contributed by atoms with Crippen LogP contribution in [0.1, 0.15) is 24.5 Å². The summed E-state index contributed by atoms with van der Waals surface area (Å²) < 4.78 is 23.7. The number of hydrogen-bond acceptors (Lipinski definition) is 5. The summed E-state index contributed by atoms with van der Waals surface area (Å²) in [6, 6.07) is 12.6. The lowest BCUT2D eigenvalue weighted by Gasteiger charge is -2.09. The summed E-state index contributed by atoms with van der Waals surface area (Å²) in [5, 5.41) is 8.40. The maximum Gasteiger partial charge on any atom is 0.311 e. The molecule has 0 spiro atoms. The van der Waals surface area contributed by atoms with Crippen molar-refractivity contribution in [1.29, 1.82) is 0 Å². The van der Waals surface area contributed by atoms with Gasteiger partial charge in [0.25, 0.3) is 5.89 Å². The maximum absolute atomic E-state index is 12.9. The number of halogens is 2. The van der Waals surface area contributed by atoms with Crippen LogP contribution >= 0.6 is 11.6 Å². The van der Waals surface area contributed by atoms with Gasteiger partial charge in [-0.1, -0.05) is 29.8 Å². The van der Waals surface area contributed by atoms with Crippen LogP contribution in [-0.4, -0.2) is 16.2 Å². The second-order valence-corrected chi connectivity index (χ2v) is 5.83. The highest BCUT2D eigenvalue weighted by atomic mass is 35.5. The van der Waals surface area contributed by atoms with Crippen molar-refractivity contribution >= 4 is 17.6 Å². The van der Waals surface area contributed by atoms with Crippen LogP contribution in [0.3, 0.4) is 0 Å². The molecule has 0 aliphatic carbocycles. The van der Waals surface area contributed by atoms with E-state index in [9.17, 15) is 9.18 Å². The predicted octanol–water partition coefficient (Wildman–Crippen LogP) is 4.38. The van der Waals surface area contributed by atoms with Gasteiger partial charge in [-0.15, -0.1) is 10.2 Å². The molecule has 0 fully saturated rings. The molecule has 2 aromatic carbocycles. The zero-order chi connectivity index (χ0) is 17.8. The van der Waals surface area contributed by atoms with Gasteiger partial charge in [-0.2, -0.15) is 0 Å². The number of benzene rings is 2. The molecule has 3 aromatic rings. The molecule has 1 atom stereocenters. The Morgan fingerprint density at radius 1 is 1.24 bits per heavy atom. The van der Waals surface area contributed by atoms with Crippen LogP contribution in [0.5, 0.6) is 0 Å². The zero-order valence-corrected chi connectivity index (χ0v) is 14.0. The van der Waals surface area contributed by atoms with E-state index in [1.54, 1.807) is 31.2 Å². The first-order chi connectivity index (χ1) is 12.0. The fourth-order valence-corrected chi connectivity index (χ4v) is 2.39. The third-order valence-electron chi connectivity index (χ3n) is 3.43. The summed E-state index contributed by atoms with van der Waals surface area (Å²) in [5.74, 6) is -0.354. The quantitative estimate of drug-likeness (QED) is 0.632. The average molecular weight is 361 g/mol. The molecule has 5 nitrogen and oxygen atoms in total. The van der Waals surface area contributed by atoms with E-state index in [2.05, 4.69) is 10.2 Å². The molecule has 0 N–H and O–H groups in total. The molecular weight excluding hydrogens is 347 g/mol. The molecule has 1 aromatic heterocycles. The predicted molar refractivity (Wildman–Crippen MR) is 89.4 cm³/mol. The number of aromatic nitrogens is 2. The Hall–Kier alpha value is -2.73. The van der Waals surface area contributed by atoms with Crippen molar-refractivity contribution in [2.45, 2.75) is 19.4 Å². The molecule has 7 heteroatoms. The highest BCUT2D eigenvalue weighted by Crippen LogP contribution is 2.24. The van der Waals surface area contributed by atoms with Crippen molar-refractivity contribution in [3.63, 3.8) is 0 Å². The lowest BCUT2D eigenvalue weighted by molar-refractivity contribution is -0.148. The molecule has 1 heterocycles. The normalized spacial score (nSPS) is 12.0. The van der Waals surface area contributed by atoms with Gasteiger partial charge in [0.2, 0.25) is 5.89 Å². The summed E-state index contributed by atoms with van der Waals surface area (Å²) in [5.41, 5.74) is 1.33. The van der Waals surface area contributed by atoms with E-state index in [-0.39, 0.29) is 18.1 Å². The lowest BCUT2D eigenvalue weighted by atomic mass is 10.1. The monoisotopic (exact) mass is 360 g/mol. The molecule has 0 aliphatic heterocycles. The van der Waals surface area contributed by atoms with Crippen molar-refractivity contribution in [3.05, 3.63) is 70.8 Å². The largest absolute Gasteiger partial charge is 0.452 e. The molecule has 0 radical (unpaired) electrons. The number of ether oxygens (including phenoxy) is 1. The van der Waals surface area contributed by atoms with E-state index in [1.165, 1.54) is 24.3 Å². The molecule has 0 bridgehead atoms. The first-order valence-corrected chi connectivity index (χ1v) is 7.92. The summed E-state index contributed by atoms with van der Waals surface area (Å²) in [6.07, 6.45) is -0.673. The van der Waals surface area contributed by atoms with Crippen LogP contribution in [0.2, 0.25) is 5.02 Å². The summed E-state index contributed by atoms with van der Waals surface area (Å²) in [4.78, 5) is 12.0. The van der Waals surface area contributed by atoms with E-state index in [1.807, 2.05) is 0 Å². The Balaban J connectivity index is 1.64. The van der Waals surface area contributed by atoms with Crippen LogP contribution in [0.4, 0.5) is 4.39 Å². The number of esters is 1. The SMILES string of the molecule is CC(OC(=O)Cc1ccc(F)cc1)c1nnc(-c2cccc(Cl)c2)o1. The minimum atomic E-state index is -0.701. The number of carbonyl (C=O) groups is 1. The van der Waals surface area contributed by atoms with Gasteiger partial charge in [0, 0.05) is 10.6 Å². The molecule has 0 amide bonds. The van der Waals surface area contributed by atoms with Crippen LogP contribution in [0.15, 0.2) is 52.9 Å². The van der Waals surface area contributed by atoms with E-state index < -0.39 is 12.1 Å². The molecule has 3 rings (SSSR count). The minimum absolute atomic E-state index is 0.0277. The fraction of sp³-hybridized carbons (Fsp3) is 0.167. The van der Waals surface area contributed by atoms with Crippen LogP contribution in [-0.2, 0) is 16.0 Å². The van der Waals surface area contributed by atoms with Gasteiger partial charge in [0.15, 0.2) is 6.10 Å². The Morgan fingerprint density at radius 2 is 2.00 bits per heavy atom. The van der Waals surface area contributed by atoms with E-state index in [4.69, 9.17) is 20.8 Å². The summed E-state index contributed by atoms with van der Waals surface area (Å²) in [7, 11) is 0. The number of rotatable bonds is 5. The van der Waals surface area contributed by atoms with Gasteiger partial charge in [0.05, 0.1) is 6.42 Å². The van der Waals surface area contributed by atoms with Gasteiger partial charge in [-0.25, -0.2) is 4.39 Å². The average Bonchev–Trinajstić information content (AvgIpc) is 3.07. The highest BCUT2D eigenvalue weighted by molar-refractivity contribution is 6.30. The lowest BCUT2D eigenvalue weighted by Crippen LogP contribution is -2.11. The smallest absolute Gasteiger partial charge is 0.311 e. The summed E-state index contributed by atoms with van der Waals surface area (Å²) in [6.45, 7) is 1.64. The highest BCUT2D eigenvalue weighted by Gasteiger charge is 2.19. The molecular formula is C18H14ClFN2O3. The van der Waals surface area contributed by atoms with Crippen LogP contribution in [0.25, 0.3) is 11.5 Å². The first-order valence-electron chi connectivity index (χ1n) is 7.54. The molecule has 0 aliphatic rings. The van der Waals surface area contributed by atoms with Gasteiger partial charge < -0.3 is 9.15 Å². The number of hydrogen-bond donors (Lipinski definition) is 0. The van der Waals surface area contributed by atoms with Gasteiger partial charge in [0.1, 0.15) is 5.82 Å². The van der Waals surface area contributed by atoms with E-state index in [0.717, 1.165) is 0 Å². The molecule has 0 saturated heterocycles. The van der Waals surface area contributed by atoms with E-state index in [0.29, 0.717) is 22.0 Å². The Bertz CT molecular complexity index is 880. The standard InChI is InChI=1S/C18H14ClFN2O3/c1-11(24-16(23)9-12-5-7-15(20)8-6-12)17-21-22-18(25-17)13-3-2-4-14(19)10-13/h2-8,10-11H,9H2,1H3. The van der Waals surface area contributed by atoms with Crippen molar-refractivity contribution < 1.29 is 18.3 Å². The van der Waals surface area contributed by atoms with Crippen molar-refractivity contribution in [1.82, 2.24) is 10.2 Å². The Kier molecular flexibility index (Phi) is 5.09. The fourth-order valence-electron chi connectivity index (χ4n) is 2.20. The summed E-state index contributed by atoms with van der Waals surface area (Å²) >= 11 is 5.94. The Labute approximate surface area is 148 Å². The molecule has 128 valence electrons. The molecule has 25 heavy (non-hydrogen) atoms. The number of carbonyl (C=O) groups excluding carboxylic acids is 1. The molecule has 0 saturated carbocycles. The van der Waals surface area contributed by atoms with E-state index >= 15 is 0 Å². The van der Waals surface area contributed by atoms with Crippen molar-refractivity contribution in [2.75, 3.05) is 0 Å². The van der Waals surface area contributed by atoms with Gasteiger partial charge >= 0.3 is 5.97 Å². The minimum Gasteiger partial charge on any atom is -0.452 e. The van der Waals surface area contributed by atoms with Crippen LogP contribution < -0.4 is 0 Å². The van der Waals surface area contributed by atoms with Gasteiger partial charge in [-0.05, 0) is 42.8 Å². The second kappa shape index (κ2) is 7.44. The zero-order valence-electron chi connectivity index (χ0n) is 13.3. The topological polar surface area (TPSA) is 65.2 Å². The van der Waals surface area contributed by atoms with Crippen molar-refractivity contribution in [3.8, 4) is 11.5 Å². The molecule has 1 unspecified atom stereocenters. The van der Waals surface area contributed by atoms with Gasteiger partial charge in [-0.3, -0.25) is 4.79 Å². The first kappa shape index (κ1) is 17.1. The third-order valence-corrected chi connectivity index (χ3v) is 3.67. The second-order valence-electron chi connectivity index (χ2n) is 5.39. The van der Waals surface area contributed by atoms with Crippen molar-refractivity contribution in [2.24, 2.45) is 0 Å². The van der Waals surface area contributed by atoms with Crippen LogP contribution in [0, 0.1) is 5.82 Å².